The van der Waals surface area contributed by atoms with E-state index in [1.54, 1.807) is 0 Å². The molecular formula is C15H24F2N2. The fraction of sp³-hybridized carbons (Fsp3) is 0.600. The summed E-state index contributed by atoms with van der Waals surface area (Å²) in [4.78, 5) is 2.30. The zero-order valence-corrected chi connectivity index (χ0v) is 12.2. The van der Waals surface area contributed by atoms with E-state index in [0.29, 0.717) is 5.56 Å². The Morgan fingerprint density at radius 3 is 2.37 bits per heavy atom. The highest BCUT2D eigenvalue weighted by Gasteiger charge is 2.15. The van der Waals surface area contributed by atoms with Gasteiger partial charge in [-0.3, -0.25) is 0 Å². The van der Waals surface area contributed by atoms with Crippen molar-refractivity contribution in [3.63, 3.8) is 0 Å². The van der Waals surface area contributed by atoms with Crippen LogP contribution in [0.3, 0.4) is 0 Å². The van der Waals surface area contributed by atoms with Gasteiger partial charge >= 0.3 is 0 Å². The molecular weight excluding hydrogens is 246 g/mol. The maximum atomic E-state index is 13.6. The summed E-state index contributed by atoms with van der Waals surface area (Å²) in [6.07, 6.45) is 0. The van der Waals surface area contributed by atoms with Crippen LogP contribution in [-0.2, 0) is 0 Å². The maximum Gasteiger partial charge on any atom is 0.128 e. The zero-order chi connectivity index (χ0) is 14.4. The van der Waals surface area contributed by atoms with Crippen molar-refractivity contribution in [1.29, 1.82) is 0 Å². The number of likely N-dealkylation sites (N-methyl/N-ethyl adjacent to an activating group) is 1. The molecule has 2 atom stereocenters. The van der Waals surface area contributed by atoms with Gasteiger partial charge in [-0.1, -0.05) is 13.8 Å². The molecule has 0 aliphatic heterocycles. The topological polar surface area (TPSA) is 15.3 Å². The van der Waals surface area contributed by atoms with Crippen LogP contribution in [0.2, 0.25) is 0 Å². The Morgan fingerprint density at radius 1 is 1.16 bits per heavy atom. The van der Waals surface area contributed by atoms with Gasteiger partial charge in [-0.25, -0.2) is 8.78 Å². The van der Waals surface area contributed by atoms with Crippen LogP contribution in [0.1, 0.15) is 39.3 Å². The number of nitrogens with one attached hydrogen (secondary N) is 1. The first-order valence-corrected chi connectivity index (χ1v) is 6.91. The van der Waals surface area contributed by atoms with Crippen molar-refractivity contribution >= 4 is 0 Å². The molecule has 0 radical (unpaired) electrons. The molecule has 4 heteroatoms. The smallest absolute Gasteiger partial charge is 0.128 e. The summed E-state index contributed by atoms with van der Waals surface area (Å²) in [5, 5.41) is 3.31. The molecule has 0 aliphatic rings. The van der Waals surface area contributed by atoms with Gasteiger partial charge in [0, 0.05) is 24.2 Å². The van der Waals surface area contributed by atoms with Crippen LogP contribution >= 0.6 is 0 Å². The minimum Gasteiger partial charge on any atom is -0.306 e. The van der Waals surface area contributed by atoms with Gasteiger partial charge in [0.25, 0.3) is 0 Å². The number of hydrogen-bond acceptors (Lipinski definition) is 2. The van der Waals surface area contributed by atoms with E-state index in [1.165, 1.54) is 12.1 Å². The third-order valence-electron chi connectivity index (χ3n) is 3.39. The molecule has 1 N–H and O–H groups in total. The molecule has 108 valence electrons. The summed E-state index contributed by atoms with van der Waals surface area (Å²) < 4.78 is 26.8. The minimum absolute atomic E-state index is 0.207. The zero-order valence-electron chi connectivity index (χ0n) is 12.2. The van der Waals surface area contributed by atoms with E-state index < -0.39 is 5.82 Å². The molecule has 0 saturated heterocycles. The predicted molar refractivity (Wildman–Crippen MR) is 75.2 cm³/mol. The molecule has 0 fully saturated rings. The Labute approximate surface area is 114 Å². The molecule has 0 spiro atoms. The van der Waals surface area contributed by atoms with Crippen LogP contribution in [0.15, 0.2) is 18.2 Å². The third kappa shape index (κ3) is 4.88. The summed E-state index contributed by atoms with van der Waals surface area (Å²) in [6.45, 7) is 11.0. The molecule has 0 heterocycles. The molecule has 2 unspecified atom stereocenters. The second kappa shape index (κ2) is 7.56. The van der Waals surface area contributed by atoms with E-state index >= 15 is 0 Å². The highest BCUT2D eigenvalue weighted by atomic mass is 19.1. The summed E-state index contributed by atoms with van der Waals surface area (Å²) in [5.41, 5.74) is 0.381. The quantitative estimate of drug-likeness (QED) is 0.817. The van der Waals surface area contributed by atoms with Gasteiger partial charge in [0.05, 0.1) is 0 Å². The Balaban J connectivity index is 2.63. The van der Waals surface area contributed by atoms with Crippen LogP contribution in [0.5, 0.6) is 0 Å². The van der Waals surface area contributed by atoms with E-state index in [9.17, 15) is 8.78 Å². The number of halogens is 2. The van der Waals surface area contributed by atoms with E-state index in [1.807, 2.05) is 6.92 Å². The number of rotatable bonds is 7. The fourth-order valence-electron chi connectivity index (χ4n) is 2.28. The normalized spacial score (nSPS) is 14.7. The molecule has 0 saturated carbocycles. The second-order valence-electron chi connectivity index (χ2n) is 4.94. The first kappa shape index (κ1) is 16.1. The van der Waals surface area contributed by atoms with Crippen LogP contribution in [0.25, 0.3) is 0 Å². The van der Waals surface area contributed by atoms with Crippen molar-refractivity contribution in [1.82, 2.24) is 10.2 Å². The van der Waals surface area contributed by atoms with Crippen LogP contribution in [0, 0.1) is 11.6 Å². The average molecular weight is 270 g/mol. The Hall–Kier alpha value is -1.00. The van der Waals surface area contributed by atoms with E-state index in [2.05, 4.69) is 31.0 Å². The van der Waals surface area contributed by atoms with E-state index in [-0.39, 0.29) is 17.9 Å². The first-order valence-electron chi connectivity index (χ1n) is 6.91. The lowest BCUT2D eigenvalue weighted by Gasteiger charge is -2.26. The molecule has 0 aromatic heterocycles. The molecule has 0 aliphatic carbocycles. The minimum atomic E-state index is -0.401. The third-order valence-corrected chi connectivity index (χ3v) is 3.39. The highest BCUT2D eigenvalue weighted by Crippen LogP contribution is 2.18. The predicted octanol–water partition coefficient (Wildman–Crippen LogP) is 3.35. The molecule has 0 amide bonds. The standard InChI is InChI=1S/C15H24F2N2/c1-5-19(6-2)10-11(3)18-12(4)14-9-13(16)7-8-15(14)17/h7-9,11-12,18H,5-6,10H2,1-4H3. The van der Waals surface area contributed by atoms with Crippen molar-refractivity contribution in [2.45, 2.75) is 39.8 Å². The van der Waals surface area contributed by atoms with Crippen molar-refractivity contribution in [2.75, 3.05) is 19.6 Å². The van der Waals surface area contributed by atoms with E-state index in [4.69, 9.17) is 0 Å². The van der Waals surface area contributed by atoms with Crippen molar-refractivity contribution < 1.29 is 8.78 Å². The van der Waals surface area contributed by atoms with Gasteiger partial charge in [-0.05, 0) is 45.1 Å². The lowest BCUT2D eigenvalue weighted by atomic mass is 10.1. The average Bonchev–Trinajstić information content (AvgIpc) is 2.38. The van der Waals surface area contributed by atoms with Gasteiger partial charge in [0.2, 0.25) is 0 Å². The van der Waals surface area contributed by atoms with Crippen LogP contribution in [-0.4, -0.2) is 30.6 Å². The molecule has 1 aromatic carbocycles. The molecule has 0 bridgehead atoms. The lowest BCUT2D eigenvalue weighted by Crippen LogP contribution is -2.40. The molecule has 1 aromatic rings. The monoisotopic (exact) mass is 270 g/mol. The van der Waals surface area contributed by atoms with Gasteiger partial charge in [0.15, 0.2) is 0 Å². The number of nitrogens with zero attached hydrogens (tertiary/aromatic N) is 1. The number of hydrogen-bond donors (Lipinski definition) is 1. The second-order valence-corrected chi connectivity index (χ2v) is 4.94. The lowest BCUT2D eigenvalue weighted by molar-refractivity contribution is 0.263. The van der Waals surface area contributed by atoms with Gasteiger partial charge in [0.1, 0.15) is 11.6 Å². The molecule has 2 nitrogen and oxygen atoms in total. The summed E-state index contributed by atoms with van der Waals surface area (Å²) in [7, 11) is 0. The Morgan fingerprint density at radius 2 is 1.79 bits per heavy atom. The highest BCUT2D eigenvalue weighted by molar-refractivity contribution is 5.21. The Kier molecular flexibility index (Phi) is 6.38. The van der Waals surface area contributed by atoms with Gasteiger partial charge < -0.3 is 10.2 Å². The first-order chi connectivity index (χ1) is 8.97. The molecule has 19 heavy (non-hydrogen) atoms. The summed E-state index contributed by atoms with van der Waals surface area (Å²) in [6, 6.07) is 3.60. The van der Waals surface area contributed by atoms with Crippen molar-refractivity contribution in [2.24, 2.45) is 0 Å². The SMILES string of the molecule is CCN(CC)CC(C)NC(C)c1cc(F)ccc1F. The molecule has 1 rings (SSSR count). The van der Waals surface area contributed by atoms with Crippen molar-refractivity contribution in [3.05, 3.63) is 35.4 Å². The largest absolute Gasteiger partial charge is 0.306 e. The van der Waals surface area contributed by atoms with Gasteiger partial charge in [-0.2, -0.15) is 0 Å². The Bertz CT molecular complexity index is 392. The fourth-order valence-corrected chi connectivity index (χ4v) is 2.28. The van der Waals surface area contributed by atoms with Gasteiger partial charge in [-0.15, -0.1) is 0 Å². The number of benzene rings is 1. The van der Waals surface area contributed by atoms with E-state index in [0.717, 1.165) is 25.7 Å². The maximum absolute atomic E-state index is 13.6. The van der Waals surface area contributed by atoms with Crippen LogP contribution in [0.4, 0.5) is 8.78 Å². The summed E-state index contributed by atoms with van der Waals surface area (Å²) in [5.74, 6) is -0.766. The van der Waals surface area contributed by atoms with Crippen LogP contribution < -0.4 is 5.32 Å². The summed E-state index contributed by atoms with van der Waals surface area (Å²) >= 11 is 0. The van der Waals surface area contributed by atoms with Crippen molar-refractivity contribution in [3.8, 4) is 0 Å².